The Hall–Kier alpha value is -1.59. The first-order valence-corrected chi connectivity index (χ1v) is 12.4. The topological polar surface area (TPSA) is 38.8 Å². The van der Waals surface area contributed by atoms with Crippen LogP contribution in [-0.4, -0.2) is 36.9 Å². The van der Waals surface area contributed by atoms with Crippen LogP contribution in [0.1, 0.15) is 55.6 Å². The van der Waals surface area contributed by atoms with Crippen molar-refractivity contribution in [1.82, 2.24) is 4.90 Å². The molecular formula is C26H31Cl2NO3. The highest BCUT2D eigenvalue weighted by atomic mass is 35.5. The molecule has 0 aliphatic carbocycles. The van der Waals surface area contributed by atoms with Crippen molar-refractivity contribution in [3.8, 4) is 0 Å². The van der Waals surface area contributed by atoms with Gasteiger partial charge in [-0.2, -0.15) is 0 Å². The summed E-state index contributed by atoms with van der Waals surface area (Å²) in [7, 11) is 0. The van der Waals surface area contributed by atoms with Gasteiger partial charge in [0.25, 0.3) is 0 Å². The molecule has 0 aromatic heterocycles. The number of nitrogens with zero attached hydrogens (tertiary/aromatic N) is 1. The summed E-state index contributed by atoms with van der Waals surface area (Å²) in [4.78, 5) is 15.3. The number of ether oxygens (including phenoxy) is 2. The van der Waals surface area contributed by atoms with Crippen molar-refractivity contribution in [2.24, 2.45) is 5.92 Å². The maximum absolute atomic E-state index is 13.3. The maximum Gasteiger partial charge on any atom is 0.226 e. The minimum Gasteiger partial charge on any atom is -0.353 e. The highest BCUT2D eigenvalue weighted by molar-refractivity contribution is 6.42. The molecule has 2 aliphatic rings. The summed E-state index contributed by atoms with van der Waals surface area (Å²) in [5.41, 5.74) is 2.29. The number of halogens is 2. The summed E-state index contributed by atoms with van der Waals surface area (Å²) >= 11 is 12.4. The summed E-state index contributed by atoms with van der Waals surface area (Å²) in [6, 6.07) is 16.0. The molecule has 0 saturated carbocycles. The van der Waals surface area contributed by atoms with E-state index in [4.69, 9.17) is 32.7 Å². The van der Waals surface area contributed by atoms with Crippen molar-refractivity contribution < 1.29 is 14.3 Å². The molecule has 4 rings (SSSR count). The maximum atomic E-state index is 13.3. The van der Waals surface area contributed by atoms with E-state index in [0.29, 0.717) is 29.7 Å². The lowest BCUT2D eigenvalue weighted by molar-refractivity contribution is -0.163. The molecule has 2 aromatic carbocycles. The Morgan fingerprint density at radius 1 is 1.06 bits per heavy atom. The largest absolute Gasteiger partial charge is 0.353 e. The minimum absolute atomic E-state index is 0.0252. The Morgan fingerprint density at radius 2 is 1.91 bits per heavy atom. The number of rotatable bonds is 8. The minimum atomic E-state index is -0.0793. The first-order valence-electron chi connectivity index (χ1n) is 11.6. The predicted molar refractivity (Wildman–Crippen MR) is 128 cm³/mol. The van der Waals surface area contributed by atoms with Crippen LogP contribution in [0, 0.1) is 5.92 Å². The number of benzene rings is 2. The molecule has 3 atom stereocenters. The molecule has 2 heterocycles. The van der Waals surface area contributed by atoms with Crippen LogP contribution in [0.5, 0.6) is 0 Å². The molecule has 2 saturated heterocycles. The van der Waals surface area contributed by atoms with Crippen molar-refractivity contribution in [2.75, 3.05) is 19.8 Å². The van der Waals surface area contributed by atoms with Gasteiger partial charge in [0.2, 0.25) is 5.91 Å². The predicted octanol–water partition coefficient (Wildman–Crippen LogP) is 6.45. The van der Waals surface area contributed by atoms with Crippen LogP contribution in [-0.2, 0) is 20.8 Å². The highest BCUT2D eigenvalue weighted by Crippen LogP contribution is 2.36. The van der Waals surface area contributed by atoms with Gasteiger partial charge in [-0.3, -0.25) is 4.79 Å². The van der Waals surface area contributed by atoms with Crippen LogP contribution < -0.4 is 0 Å². The first-order chi connectivity index (χ1) is 15.6. The van der Waals surface area contributed by atoms with Gasteiger partial charge < -0.3 is 14.4 Å². The van der Waals surface area contributed by atoms with E-state index in [0.717, 1.165) is 56.3 Å². The normalized spacial score (nSPS) is 24.0. The van der Waals surface area contributed by atoms with Crippen molar-refractivity contribution in [2.45, 2.75) is 57.3 Å². The first kappa shape index (κ1) is 23.6. The second kappa shape index (κ2) is 11.5. The molecule has 0 radical (unpaired) electrons. The lowest BCUT2D eigenvalue weighted by Crippen LogP contribution is -2.44. The molecule has 2 aliphatic heterocycles. The molecule has 4 nitrogen and oxygen atoms in total. The fraction of sp³-hybridized carbons (Fsp3) is 0.500. The molecule has 1 amide bonds. The van der Waals surface area contributed by atoms with E-state index in [2.05, 4.69) is 12.1 Å². The van der Waals surface area contributed by atoms with E-state index >= 15 is 0 Å². The molecule has 32 heavy (non-hydrogen) atoms. The molecule has 2 aromatic rings. The van der Waals surface area contributed by atoms with Gasteiger partial charge in [-0.1, -0.05) is 59.6 Å². The van der Waals surface area contributed by atoms with E-state index in [1.807, 2.05) is 41.3 Å². The van der Waals surface area contributed by atoms with E-state index < -0.39 is 0 Å². The van der Waals surface area contributed by atoms with Gasteiger partial charge in [-0.05, 0) is 61.8 Å². The number of piperidine rings is 1. The number of amides is 1. The quantitative estimate of drug-likeness (QED) is 0.411. The third-order valence-corrected chi connectivity index (χ3v) is 7.18. The number of hydrogen-bond donors (Lipinski definition) is 0. The fourth-order valence-corrected chi connectivity index (χ4v) is 5.02. The van der Waals surface area contributed by atoms with E-state index in [1.54, 1.807) is 0 Å². The van der Waals surface area contributed by atoms with Crippen LogP contribution in [0.3, 0.4) is 0 Å². The van der Waals surface area contributed by atoms with Crippen molar-refractivity contribution in [1.29, 1.82) is 0 Å². The van der Waals surface area contributed by atoms with Crippen LogP contribution in [0.15, 0.2) is 48.5 Å². The second-order valence-corrected chi connectivity index (χ2v) is 9.63. The molecule has 0 bridgehead atoms. The van der Waals surface area contributed by atoms with E-state index in [9.17, 15) is 4.79 Å². The summed E-state index contributed by atoms with van der Waals surface area (Å²) in [6.07, 6.45) is 5.65. The molecule has 0 N–H and O–H groups in total. The van der Waals surface area contributed by atoms with Crippen LogP contribution in [0.2, 0.25) is 10.0 Å². The van der Waals surface area contributed by atoms with Crippen molar-refractivity contribution in [3.05, 3.63) is 69.7 Å². The lowest BCUT2D eigenvalue weighted by atomic mass is 9.82. The van der Waals surface area contributed by atoms with Gasteiger partial charge in [-0.15, -0.1) is 0 Å². The molecule has 2 fully saturated rings. The van der Waals surface area contributed by atoms with Crippen molar-refractivity contribution in [3.63, 3.8) is 0 Å². The Balaban J connectivity index is 1.42. The van der Waals surface area contributed by atoms with Gasteiger partial charge >= 0.3 is 0 Å². The number of carbonyl (C=O) groups excluding carboxylic acids is 1. The number of carbonyl (C=O) groups is 1. The molecule has 6 heteroatoms. The van der Waals surface area contributed by atoms with Crippen LogP contribution in [0.4, 0.5) is 0 Å². The highest BCUT2D eigenvalue weighted by Gasteiger charge is 2.34. The average Bonchev–Trinajstić information content (AvgIpc) is 2.82. The summed E-state index contributed by atoms with van der Waals surface area (Å²) in [5, 5.41) is 1.12. The molecule has 3 unspecified atom stereocenters. The van der Waals surface area contributed by atoms with Gasteiger partial charge in [0.15, 0.2) is 6.29 Å². The van der Waals surface area contributed by atoms with Gasteiger partial charge in [-0.25, -0.2) is 0 Å². The zero-order valence-corrected chi connectivity index (χ0v) is 19.9. The van der Waals surface area contributed by atoms with Gasteiger partial charge in [0.05, 0.1) is 10.0 Å². The SMILES string of the molecule is O=C1C(CCCOC2CCCCO2)CC(c2ccc(Cl)c(Cl)c2)CN1Cc1ccccc1. The zero-order chi connectivity index (χ0) is 22.3. The zero-order valence-electron chi connectivity index (χ0n) is 18.3. The van der Waals surface area contributed by atoms with Crippen molar-refractivity contribution >= 4 is 29.1 Å². The Kier molecular flexibility index (Phi) is 8.48. The second-order valence-electron chi connectivity index (χ2n) is 8.82. The van der Waals surface area contributed by atoms with E-state index in [1.165, 1.54) is 0 Å². The van der Waals surface area contributed by atoms with E-state index in [-0.39, 0.29) is 24.0 Å². The van der Waals surface area contributed by atoms with Gasteiger partial charge in [0.1, 0.15) is 0 Å². The lowest BCUT2D eigenvalue weighted by Gasteiger charge is -2.38. The smallest absolute Gasteiger partial charge is 0.226 e. The molecular weight excluding hydrogens is 445 g/mol. The molecule has 0 spiro atoms. The Morgan fingerprint density at radius 3 is 2.66 bits per heavy atom. The van der Waals surface area contributed by atoms with Crippen LogP contribution >= 0.6 is 23.2 Å². The van der Waals surface area contributed by atoms with Crippen LogP contribution in [0.25, 0.3) is 0 Å². The fourth-order valence-electron chi connectivity index (χ4n) is 4.72. The standard InChI is InChI=1S/C26H31Cl2NO3/c27-23-12-11-20(16-24(23)28)22-15-21(9-6-14-32-25-10-4-5-13-31-25)26(30)29(18-22)17-19-7-2-1-3-8-19/h1-3,7-8,11-12,16,21-22,25H,4-6,9-10,13-15,17-18H2. The number of likely N-dealkylation sites (tertiary alicyclic amines) is 1. The molecule has 172 valence electrons. The third kappa shape index (κ3) is 6.26. The Bertz CT molecular complexity index is 886. The summed E-state index contributed by atoms with van der Waals surface area (Å²) < 4.78 is 11.5. The Labute approximate surface area is 200 Å². The number of hydrogen-bond acceptors (Lipinski definition) is 3. The van der Waals surface area contributed by atoms with Gasteiger partial charge in [0, 0.05) is 38.1 Å². The average molecular weight is 476 g/mol. The summed E-state index contributed by atoms with van der Waals surface area (Å²) in [5.74, 6) is 0.445. The monoisotopic (exact) mass is 475 g/mol. The third-order valence-electron chi connectivity index (χ3n) is 6.44. The summed E-state index contributed by atoms with van der Waals surface area (Å²) in [6.45, 7) is 2.73.